The van der Waals surface area contributed by atoms with E-state index in [0.717, 1.165) is 18.2 Å². The van der Waals surface area contributed by atoms with Crippen LogP contribution in [0.4, 0.5) is 13.2 Å². The highest BCUT2D eigenvalue weighted by atomic mass is 35.5. The molecule has 0 radical (unpaired) electrons. The highest BCUT2D eigenvalue weighted by molar-refractivity contribution is 6.30. The van der Waals surface area contributed by atoms with E-state index < -0.39 is 23.8 Å². The molecular weight excluding hydrogens is 271 g/mol. The fourth-order valence-electron chi connectivity index (χ4n) is 1.27. The van der Waals surface area contributed by atoms with E-state index in [1.165, 1.54) is 6.92 Å². The molecule has 0 spiro atoms. The number of hydrogen-bond acceptors (Lipinski definition) is 3. The van der Waals surface area contributed by atoms with Crippen molar-refractivity contribution < 1.29 is 22.7 Å². The van der Waals surface area contributed by atoms with Crippen LogP contribution in [0.3, 0.4) is 0 Å². The van der Waals surface area contributed by atoms with E-state index in [9.17, 15) is 18.0 Å². The Hall–Kier alpha value is -1.27. The third-order valence-electron chi connectivity index (χ3n) is 2.24. The van der Waals surface area contributed by atoms with E-state index in [1.807, 2.05) is 0 Å². The molecule has 18 heavy (non-hydrogen) atoms. The van der Waals surface area contributed by atoms with Crippen LogP contribution in [0.5, 0.6) is 0 Å². The molecule has 0 aliphatic rings. The van der Waals surface area contributed by atoms with Gasteiger partial charge in [0.25, 0.3) is 0 Å². The molecule has 0 saturated carbocycles. The second-order valence-electron chi connectivity index (χ2n) is 3.49. The summed E-state index contributed by atoms with van der Waals surface area (Å²) in [6, 6.07) is 0.986. The normalized spacial score (nSPS) is 13.2. The van der Waals surface area contributed by atoms with Gasteiger partial charge in [0.15, 0.2) is 0 Å². The molecule has 0 aliphatic carbocycles. The molecule has 1 aromatic rings. The summed E-state index contributed by atoms with van der Waals surface area (Å²) in [7, 11) is 0. The summed E-state index contributed by atoms with van der Waals surface area (Å²) in [4.78, 5) is 11.1. The predicted octanol–water partition coefficient (Wildman–Crippen LogP) is 2.68. The fourth-order valence-corrected chi connectivity index (χ4v) is 1.39. The monoisotopic (exact) mass is 281 g/mol. The molecule has 0 saturated heterocycles. The van der Waals surface area contributed by atoms with Crippen LogP contribution in [0, 0.1) is 5.82 Å². The highest BCUT2D eigenvalue weighted by Gasteiger charge is 2.47. The average Bonchev–Trinajstić information content (AvgIpc) is 2.32. The molecule has 1 rings (SSSR count). The lowest BCUT2D eigenvalue weighted by Crippen LogP contribution is -2.41. The van der Waals surface area contributed by atoms with Gasteiger partial charge in [-0.15, -0.1) is 0 Å². The third-order valence-corrected chi connectivity index (χ3v) is 2.55. The van der Waals surface area contributed by atoms with Gasteiger partial charge in [0, 0.05) is 0 Å². The highest BCUT2D eigenvalue weighted by Crippen LogP contribution is 2.31. The van der Waals surface area contributed by atoms with Crippen molar-refractivity contribution in [1.82, 2.24) is 0 Å². The minimum absolute atomic E-state index is 0.198. The number of ether oxygens (including phenoxy) is 1. The van der Waals surface area contributed by atoms with Crippen LogP contribution in [0.15, 0.2) is 18.2 Å². The molecule has 100 valence electrons. The van der Waals surface area contributed by atoms with Gasteiger partial charge in [0.1, 0.15) is 11.9 Å². The molecule has 0 unspecified atom stereocenters. The maximum absolute atomic E-state index is 13.6. The summed E-state index contributed by atoms with van der Waals surface area (Å²) in [5, 5.41) is -0.217. The number of rotatable bonds is 4. The van der Waals surface area contributed by atoms with E-state index in [2.05, 4.69) is 4.74 Å². The largest absolute Gasteiger partial charge is 0.462 e. The van der Waals surface area contributed by atoms with Crippen LogP contribution in [0.25, 0.3) is 0 Å². The minimum atomic E-state index is -3.93. The van der Waals surface area contributed by atoms with Crippen molar-refractivity contribution >= 4 is 17.6 Å². The quantitative estimate of drug-likeness (QED) is 0.863. The second kappa shape index (κ2) is 5.58. The van der Waals surface area contributed by atoms with E-state index in [0.29, 0.717) is 0 Å². The molecule has 0 heterocycles. The molecule has 0 aromatic heterocycles. The van der Waals surface area contributed by atoms with Crippen LogP contribution in [-0.2, 0) is 9.53 Å². The number of esters is 1. The molecule has 2 N–H and O–H groups in total. The molecule has 0 fully saturated rings. The van der Waals surface area contributed by atoms with Crippen molar-refractivity contribution in [2.24, 2.45) is 5.73 Å². The molecule has 0 bridgehead atoms. The zero-order chi connectivity index (χ0) is 13.9. The van der Waals surface area contributed by atoms with Crippen LogP contribution in [-0.4, -0.2) is 18.5 Å². The van der Waals surface area contributed by atoms with Crippen molar-refractivity contribution in [3.05, 3.63) is 34.6 Å². The Labute approximate surface area is 107 Å². The Morgan fingerprint density at radius 2 is 2.17 bits per heavy atom. The Balaban J connectivity index is 3.01. The van der Waals surface area contributed by atoms with Crippen molar-refractivity contribution in [3.8, 4) is 0 Å². The summed E-state index contributed by atoms with van der Waals surface area (Å²) in [5.74, 6) is -6.56. The SMILES string of the molecule is CCOC(=O)C(F)(F)[C@H](N)c1ccc(Cl)c(F)c1. The molecule has 1 aromatic carbocycles. The van der Waals surface area contributed by atoms with Crippen LogP contribution >= 0.6 is 11.6 Å². The van der Waals surface area contributed by atoms with Gasteiger partial charge in [-0.25, -0.2) is 9.18 Å². The number of hydrogen-bond donors (Lipinski definition) is 1. The van der Waals surface area contributed by atoms with Crippen LogP contribution in [0.2, 0.25) is 5.02 Å². The summed E-state index contributed by atoms with van der Waals surface area (Å²) < 4.78 is 44.5. The first kappa shape index (κ1) is 14.8. The van der Waals surface area contributed by atoms with Gasteiger partial charge in [0.05, 0.1) is 11.6 Å². The first-order valence-electron chi connectivity index (χ1n) is 5.06. The van der Waals surface area contributed by atoms with E-state index in [4.69, 9.17) is 17.3 Å². The van der Waals surface area contributed by atoms with Gasteiger partial charge in [-0.05, 0) is 24.6 Å². The Morgan fingerprint density at radius 3 is 2.67 bits per heavy atom. The van der Waals surface area contributed by atoms with Gasteiger partial charge < -0.3 is 10.5 Å². The molecule has 7 heteroatoms. The van der Waals surface area contributed by atoms with E-state index in [1.54, 1.807) is 0 Å². The topological polar surface area (TPSA) is 52.3 Å². The number of halogens is 4. The van der Waals surface area contributed by atoms with Gasteiger partial charge >= 0.3 is 11.9 Å². The summed E-state index contributed by atoms with van der Waals surface area (Å²) in [6.07, 6.45) is 0. The number of carbonyl (C=O) groups excluding carboxylic acids is 1. The Morgan fingerprint density at radius 1 is 1.56 bits per heavy atom. The second-order valence-corrected chi connectivity index (χ2v) is 3.90. The number of nitrogens with two attached hydrogens (primary N) is 1. The lowest BCUT2D eigenvalue weighted by Gasteiger charge is -2.21. The van der Waals surface area contributed by atoms with Crippen molar-refractivity contribution in [2.75, 3.05) is 6.61 Å². The number of benzene rings is 1. The van der Waals surface area contributed by atoms with Crippen molar-refractivity contribution in [2.45, 2.75) is 18.9 Å². The summed E-state index contributed by atoms with van der Waals surface area (Å²) in [6.45, 7) is 1.19. The van der Waals surface area contributed by atoms with Crippen LogP contribution < -0.4 is 5.73 Å². The van der Waals surface area contributed by atoms with Crippen molar-refractivity contribution in [1.29, 1.82) is 0 Å². The standard InChI is InChI=1S/C11H11ClF3NO2/c1-2-18-10(17)11(14,15)9(16)6-3-4-7(12)8(13)5-6/h3-5,9H,2,16H2,1H3/t9-/m1/s1. The van der Waals surface area contributed by atoms with Gasteiger partial charge in [0.2, 0.25) is 0 Å². The van der Waals surface area contributed by atoms with E-state index >= 15 is 0 Å². The predicted molar refractivity (Wildman–Crippen MR) is 59.9 cm³/mol. The molecule has 0 aliphatic heterocycles. The Bertz CT molecular complexity index is 454. The maximum atomic E-state index is 13.6. The number of carbonyl (C=O) groups is 1. The van der Waals surface area contributed by atoms with Gasteiger partial charge in [-0.1, -0.05) is 17.7 Å². The zero-order valence-corrected chi connectivity index (χ0v) is 10.2. The third kappa shape index (κ3) is 2.94. The average molecular weight is 282 g/mol. The summed E-state index contributed by atoms with van der Waals surface area (Å²) >= 11 is 5.42. The lowest BCUT2D eigenvalue weighted by molar-refractivity contribution is -0.174. The molecule has 1 atom stereocenters. The Kier molecular flexibility index (Phi) is 4.59. The maximum Gasteiger partial charge on any atom is 0.379 e. The molecule has 0 amide bonds. The van der Waals surface area contributed by atoms with Crippen LogP contribution in [0.1, 0.15) is 18.5 Å². The first-order valence-corrected chi connectivity index (χ1v) is 5.44. The fraction of sp³-hybridized carbons (Fsp3) is 0.364. The number of alkyl halides is 2. The van der Waals surface area contributed by atoms with Crippen molar-refractivity contribution in [3.63, 3.8) is 0 Å². The molecular formula is C11H11ClF3NO2. The lowest BCUT2D eigenvalue weighted by atomic mass is 10.0. The van der Waals surface area contributed by atoms with Gasteiger partial charge in [-0.3, -0.25) is 0 Å². The zero-order valence-electron chi connectivity index (χ0n) is 9.42. The first-order chi connectivity index (χ1) is 8.30. The minimum Gasteiger partial charge on any atom is -0.462 e. The summed E-state index contributed by atoms with van der Waals surface area (Å²) in [5.41, 5.74) is 5.02. The molecule has 3 nitrogen and oxygen atoms in total. The van der Waals surface area contributed by atoms with E-state index in [-0.39, 0.29) is 17.2 Å². The van der Waals surface area contributed by atoms with Gasteiger partial charge in [-0.2, -0.15) is 8.78 Å². The smallest absolute Gasteiger partial charge is 0.379 e.